The number of pyridine rings is 1. The molecule has 0 aliphatic rings. The third-order valence-electron chi connectivity index (χ3n) is 4.15. The van der Waals surface area contributed by atoms with Crippen molar-refractivity contribution in [1.29, 1.82) is 0 Å². The molecule has 0 saturated heterocycles. The van der Waals surface area contributed by atoms with Crippen LogP contribution >= 0.6 is 0 Å². The van der Waals surface area contributed by atoms with Gasteiger partial charge in [0.05, 0.1) is 11.4 Å². The van der Waals surface area contributed by atoms with Gasteiger partial charge in [0.15, 0.2) is 11.2 Å². The molecule has 1 aromatic carbocycles. The van der Waals surface area contributed by atoms with Crippen LogP contribution in [0.2, 0.25) is 0 Å². The minimum Gasteiger partial charge on any atom is -0.465 e. The normalized spacial score (nSPS) is 12.2. The van der Waals surface area contributed by atoms with Crippen LogP contribution in [0.3, 0.4) is 0 Å². The molecule has 2 N–H and O–H groups in total. The Hall–Kier alpha value is -3.22. The van der Waals surface area contributed by atoms with Crippen LogP contribution in [0.1, 0.15) is 29.7 Å². The zero-order valence-electron chi connectivity index (χ0n) is 14.5. The number of nitrogens with one attached hydrogen (secondary N) is 1. The number of aromatic nitrogens is 1. The maximum atomic E-state index is 13.6. The fourth-order valence-corrected chi connectivity index (χ4v) is 2.93. The van der Waals surface area contributed by atoms with E-state index < -0.39 is 18.0 Å². The fourth-order valence-electron chi connectivity index (χ4n) is 2.93. The average Bonchev–Trinajstić information content (AvgIpc) is 2.57. The molecule has 0 fully saturated rings. The van der Waals surface area contributed by atoms with Crippen LogP contribution in [0.5, 0.6) is 0 Å². The number of rotatable bonds is 3. The molecule has 3 rings (SSSR count). The number of amides is 1. The number of hydrogen-bond donors (Lipinski definition) is 2. The lowest BCUT2D eigenvalue weighted by Gasteiger charge is -2.16. The van der Waals surface area contributed by atoms with E-state index in [2.05, 4.69) is 10.3 Å². The van der Waals surface area contributed by atoms with Gasteiger partial charge in [-0.25, -0.2) is 9.18 Å². The van der Waals surface area contributed by atoms with Gasteiger partial charge < -0.3 is 14.8 Å². The molecule has 0 saturated carbocycles. The highest BCUT2D eigenvalue weighted by Crippen LogP contribution is 2.30. The number of carbonyl (C=O) groups is 1. The summed E-state index contributed by atoms with van der Waals surface area (Å²) in [6.07, 6.45) is 0.104. The molecule has 7 heteroatoms. The Labute approximate surface area is 148 Å². The molecule has 2 aromatic heterocycles. The lowest BCUT2D eigenvalue weighted by Crippen LogP contribution is -2.25. The maximum absolute atomic E-state index is 13.6. The SMILES string of the molecule is Cc1cc(C(C)NC(=O)O)c2oc(-c3cc(F)ccn3)c(C)c(=O)c2c1. The summed E-state index contributed by atoms with van der Waals surface area (Å²) in [7, 11) is 0. The van der Waals surface area contributed by atoms with Gasteiger partial charge in [-0.3, -0.25) is 9.78 Å². The van der Waals surface area contributed by atoms with E-state index in [1.165, 1.54) is 18.3 Å². The van der Waals surface area contributed by atoms with Gasteiger partial charge in [-0.15, -0.1) is 0 Å². The second kappa shape index (κ2) is 6.59. The first-order valence-corrected chi connectivity index (χ1v) is 7.97. The van der Waals surface area contributed by atoms with Gasteiger partial charge in [-0.1, -0.05) is 6.07 Å². The van der Waals surface area contributed by atoms with Crippen molar-refractivity contribution in [3.63, 3.8) is 0 Å². The Bertz CT molecular complexity index is 1080. The topological polar surface area (TPSA) is 92.4 Å². The van der Waals surface area contributed by atoms with Crippen LogP contribution in [0.15, 0.2) is 39.7 Å². The quantitative estimate of drug-likeness (QED) is 0.741. The number of aryl methyl sites for hydroxylation is 1. The second-order valence-corrected chi connectivity index (χ2v) is 6.15. The standard InChI is InChI=1S/C19H17FN2O4/c1-9-6-13(11(3)22-19(24)25)18-14(7-9)16(23)10(2)17(26-18)15-8-12(20)4-5-21-15/h4-8,11,22H,1-3H3,(H,24,25). The summed E-state index contributed by atoms with van der Waals surface area (Å²) in [6, 6.07) is 5.22. The Morgan fingerprint density at radius 3 is 2.69 bits per heavy atom. The molecule has 3 aromatic rings. The number of nitrogens with zero attached hydrogens (tertiary/aromatic N) is 1. The zero-order chi connectivity index (χ0) is 19.0. The number of hydrogen-bond acceptors (Lipinski definition) is 4. The molecule has 0 radical (unpaired) electrons. The average molecular weight is 356 g/mol. The molecule has 0 spiro atoms. The highest BCUT2D eigenvalue weighted by Gasteiger charge is 2.20. The van der Waals surface area contributed by atoms with E-state index in [1.54, 1.807) is 26.0 Å². The minimum atomic E-state index is -1.19. The lowest BCUT2D eigenvalue weighted by molar-refractivity contribution is 0.191. The van der Waals surface area contributed by atoms with Crippen molar-refractivity contribution < 1.29 is 18.7 Å². The van der Waals surface area contributed by atoms with Crippen molar-refractivity contribution >= 4 is 17.1 Å². The van der Waals surface area contributed by atoms with E-state index in [9.17, 15) is 14.0 Å². The van der Waals surface area contributed by atoms with Crippen molar-refractivity contribution in [3.05, 3.63) is 63.2 Å². The molecular formula is C19H17FN2O4. The van der Waals surface area contributed by atoms with E-state index in [0.717, 1.165) is 5.56 Å². The van der Waals surface area contributed by atoms with E-state index in [0.29, 0.717) is 16.5 Å². The lowest BCUT2D eigenvalue weighted by atomic mass is 10.00. The molecule has 0 aliphatic heterocycles. The van der Waals surface area contributed by atoms with E-state index in [4.69, 9.17) is 9.52 Å². The summed E-state index contributed by atoms with van der Waals surface area (Å²) >= 11 is 0. The summed E-state index contributed by atoms with van der Waals surface area (Å²) in [5.74, 6) is -0.336. The zero-order valence-corrected chi connectivity index (χ0v) is 14.5. The van der Waals surface area contributed by atoms with Crippen molar-refractivity contribution in [1.82, 2.24) is 10.3 Å². The fraction of sp³-hybridized carbons (Fsp3) is 0.211. The third-order valence-corrected chi connectivity index (χ3v) is 4.15. The van der Waals surface area contributed by atoms with Crippen LogP contribution in [0, 0.1) is 19.7 Å². The van der Waals surface area contributed by atoms with Crippen LogP contribution in [-0.2, 0) is 0 Å². The predicted molar refractivity (Wildman–Crippen MR) is 94.7 cm³/mol. The molecule has 0 bridgehead atoms. The Morgan fingerprint density at radius 2 is 2.04 bits per heavy atom. The number of benzene rings is 1. The molecule has 2 heterocycles. The summed E-state index contributed by atoms with van der Waals surface area (Å²) in [6.45, 7) is 5.06. The van der Waals surface area contributed by atoms with Crippen LogP contribution < -0.4 is 10.7 Å². The van der Waals surface area contributed by atoms with Gasteiger partial charge in [0.1, 0.15) is 17.1 Å². The molecule has 1 amide bonds. The molecule has 1 unspecified atom stereocenters. The van der Waals surface area contributed by atoms with Crippen LogP contribution in [0.4, 0.5) is 9.18 Å². The predicted octanol–water partition coefficient (Wildman–Crippen LogP) is 3.94. The van der Waals surface area contributed by atoms with Crippen molar-refractivity contribution in [2.75, 3.05) is 0 Å². The highest BCUT2D eigenvalue weighted by molar-refractivity contribution is 5.84. The van der Waals surface area contributed by atoms with Crippen molar-refractivity contribution in [2.45, 2.75) is 26.8 Å². The smallest absolute Gasteiger partial charge is 0.405 e. The minimum absolute atomic E-state index is 0.162. The molecule has 0 aliphatic carbocycles. The van der Waals surface area contributed by atoms with Crippen LogP contribution in [0.25, 0.3) is 22.4 Å². The molecule has 26 heavy (non-hydrogen) atoms. The second-order valence-electron chi connectivity index (χ2n) is 6.15. The van der Waals surface area contributed by atoms with Gasteiger partial charge in [-0.2, -0.15) is 0 Å². The Balaban J connectivity index is 2.33. The molecule has 6 nitrogen and oxygen atoms in total. The summed E-state index contributed by atoms with van der Waals surface area (Å²) in [5, 5.41) is 11.7. The number of carboxylic acid groups (broad SMARTS) is 1. The Morgan fingerprint density at radius 1 is 1.31 bits per heavy atom. The molecule has 1 atom stereocenters. The molecular weight excluding hydrogens is 339 g/mol. The van der Waals surface area contributed by atoms with Gasteiger partial charge in [0.2, 0.25) is 0 Å². The highest BCUT2D eigenvalue weighted by atomic mass is 19.1. The summed E-state index contributed by atoms with van der Waals surface area (Å²) in [4.78, 5) is 27.9. The first kappa shape index (κ1) is 17.6. The van der Waals surface area contributed by atoms with E-state index in [1.807, 2.05) is 6.92 Å². The Kier molecular flexibility index (Phi) is 4.46. The van der Waals surface area contributed by atoms with Gasteiger partial charge >= 0.3 is 6.09 Å². The summed E-state index contributed by atoms with van der Waals surface area (Å²) in [5.41, 5.74) is 1.83. The number of fused-ring (bicyclic) bond motifs is 1. The number of halogens is 1. The van der Waals surface area contributed by atoms with Crippen molar-refractivity contribution in [2.24, 2.45) is 0 Å². The monoisotopic (exact) mass is 356 g/mol. The first-order valence-electron chi connectivity index (χ1n) is 7.97. The van der Waals surface area contributed by atoms with Gasteiger partial charge in [0.25, 0.3) is 0 Å². The molecule has 134 valence electrons. The van der Waals surface area contributed by atoms with Crippen LogP contribution in [-0.4, -0.2) is 16.2 Å². The largest absolute Gasteiger partial charge is 0.465 e. The van der Waals surface area contributed by atoms with Gasteiger partial charge in [-0.05, 0) is 38.5 Å². The summed E-state index contributed by atoms with van der Waals surface area (Å²) < 4.78 is 19.5. The maximum Gasteiger partial charge on any atom is 0.405 e. The first-order chi connectivity index (χ1) is 12.3. The third kappa shape index (κ3) is 3.15. The van der Waals surface area contributed by atoms with Gasteiger partial charge in [0, 0.05) is 23.4 Å². The van der Waals surface area contributed by atoms with Crippen molar-refractivity contribution in [3.8, 4) is 11.5 Å². The van der Waals surface area contributed by atoms with E-state index >= 15 is 0 Å². The van der Waals surface area contributed by atoms with E-state index in [-0.39, 0.29) is 22.5 Å².